The fourth-order valence-corrected chi connectivity index (χ4v) is 8.16. The van der Waals surface area contributed by atoms with Crippen LogP contribution in [0.4, 0.5) is 0 Å². The highest BCUT2D eigenvalue weighted by molar-refractivity contribution is 6.13. The van der Waals surface area contributed by atoms with E-state index in [9.17, 15) is 0 Å². The number of fused-ring (bicyclic) bond motifs is 4. The van der Waals surface area contributed by atoms with Gasteiger partial charge >= 0.3 is 0 Å². The molecule has 0 fully saturated rings. The predicted molar refractivity (Wildman–Crippen MR) is 243 cm³/mol. The normalized spacial score (nSPS) is 11.4. The van der Waals surface area contributed by atoms with E-state index in [1.807, 2.05) is 18.2 Å². The molecular weight excluding hydrogens is 719 g/mol. The molecule has 0 aliphatic carbocycles. The van der Waals surface area contributed by atoms with Gasteiger partial charge in [0.1, 0.15) is 11.2 Å². The van der Waals surface area contributed by atoms with E-state index in [2.05, 4.69) is 194 Å². The molecule has 0 aliphatic rings. The fourth-order valence-electron chi connectivity index (χ4n) is 8.16. The molecule has 0 saturated heterocycles. The molecule has 4 heteroatoms. The minimum atomic E-state index is 0.578. The highest BCUT2D eigenvalue weighted by Gasteiger charge is 2.17. The van der Waals surface area contributed by atoms with Gasteiger partial charge in [-0.15, -0.1) is 0 Å². The van der Waals surface area contributed by atoms with E-state index >= 15 is 0 Å². The first-order chi connectivity index (χ1) is 29.2. The van der Waals surface area contributed by atoms with Gasteiger partial charge in [0.05, 0.1) is 0 Å². The van der Waals surface area contributed by atoms with E-state index in [0.717, 1.165) is 66.4 Å². The summed E-state index contributed by atoms with van der Waals surface area (Å²) in [5.74, 6) is 1.79. The molecule has 0 spiro atoms. The minimum absolute atomic E-state index is 0.578. The van der Waals surface area contributed by atoms with E-state index < -0.39 is 0 Å². The second-order valence-electron chi connectivity index (χ2n) is 14.8. The Kier molecular flexibility index (Phi) is 8.45. The van der Waals surface area contributed by atoms with Crippen molar-refractivity contribution in [1.82, 2.24) is 15.0 Å². The summed E-state index contributed by atoms with van der Waals surface area (Å²) in [5, 5.41) is 4.57. The van der Waals surface area contributed by atoms with Crippen molar-refractivity contribution in [2.45, 2.75) is 0 Å². The summed E-state index contributed by atoms with van der Waals surface area (Å²) in [6, 6.07) is 74.1. The predicted octanol–water partition coefficient (Wildman–Crippen LogP) is 14.6. The highest BCUT2D eigenvalue weighted by Crippen LogP contribution is 2.39. The van der Waals surface area contributed by atoms with Crippen molar-refractivity contribution in [3.63, 3.8) is 0 Å². The van der Waals surface area contributed by atoms with Gasteiger partial charge in [0.15, 0.2) is 17.5 Å². The maximum absolute atomic E-state index is 6.57. The summed E-state index contributed by atoms with van der Waals surface area (Å²) in [7, 11) is 0. The van der Waals surface area contributed by atoms with Gasteiger partial charge in [-0.05, 0) is 73.5 Å². The quantitative estimate of drug-likeness (QED) is 0.163. The number of hydrogen-bond donors (Lipinski definition) is 0. The smallest absolute Gasteiger partial charge is 0.164 e. The van der Waals surface area contributed by atoms with E-state index in [4.69, 9.17) is 19.4 Å². The second kappa shape index (κ2) is 14.5. The van der Waals surface area contributed by atoms with Crippen LogP contribution in [0.3, 0.4) is 0 Å². The molecule has 0 saturated carbocycles. The number of rotatable bonds is 7. The minimum Gasteiger partial charge on any atom is -0.456 e. The van der Waals surface area contributed by atoms with Crippen molar-refractivity contribution >= 4 is 32.7 Å². The molecule has 276 valence electrons. The third-order valence-electron chi connectivity index (χ3n) is 11.2. The topological polar surface area (TPSA) is 51.8 Å². The Morgan fingerprint density at radius 3 is 1.34 bits per heavy atom. The van der Waals surface area contributed by atoms with Crippen LogP contribution in [0.15, 0.2) is 217 Å². The van der Waals surface area contributed by atoms with Crippen molar-refractivity contribution in [3.05, 3.63) is 212 Å². The van der Waals surface area contributed by atoms with E-state index in [1.165, 1.54) is 27.5 Å². The van der Waals surface area contributed by atoms with Gasteiger partial charge in [0.25, 0.3) is 0 Å². The van der Waals surface area contributed by atoms with Gasteiger partial charge in [-0.3, -0.25) is 0 Å². The van der Waals surface area contributed by atoms with Gasteiger partial charge in [-0.25, -0.2) is 15.0 Å². The molecule has 2 heterocycles. The summed E-state index contributed by atoms with van der Waals surface area (Å²) < 4.78 is 6.57. The van der Waals surface area contributed by atoms with Gasteiger partial charge in [-0.2, -0.15) is 0 Å². The van der Waals surface area contributed by atoms with Crippen LogP contribution in [0.1, 0.15) is 0 Å². The largest absolute Gasteiger partial charge is 0.456 e. The lowest BCUT2D eigenvalue weighted by atomic mass is 9.96. The fraction of sp³-hybridized carbons (Fsp3) is 0. The van der Waals surface area contributed by atoms with Crippen molar-refractivity contribution in [2.24, 2.45) is 0 Å². The van der Waals surface area contributed by atoms with Crippen molar-refractivity contribution in [1.29, 1.82) is 0 Å². The number of furan rings is 1. The third-order valence-corrected chi connectivity index (χ3v) is 11.2. The molecule has 0 unspecified atom stereocenters. The highest BCUT2D eigenvalue weighted by atomic mass is 16.3. The van der Waals surface area contributed by atoms with Crippen molar-refractivity contribution in [2.75, 3.05) is 0 Å². The molecule has 0 bridgehead atoms. The zero-order chi connectivity index (χ0) is 39.1. The molecule has 0 atom stereocenters. The van der Waals surface area contributed by atoms with Crippen LogP contribution in [0, 0.1) is 0 Å². The molecule has 4 nitrogen and oxygen atoms in total. The van der Waals surface area contributed by atoms with Gasteiger partial charge in [0, 0.05) is 27.5 Å². The molecule has 9 aromatic carbocycles. The lowest BCUT2D eigenvalue weighted by Gasteiger charge is -2.11. The first-order valence-corrected chi connectivity index (χ1v) is 19.8. The van der Waals surface area contributed by atoms with Crippen LogP contribution in [-0.4, -0.2) is 15.0 Å². The molecule has 11 aromatic rings. The molecule has 11 rings (SSSR count). The van der Waals surface area contributed by atoms with Crippen LogP contribution in [0.2, 0.25) is 0 Å². The third kappa shape index (κ3) is 6.43. The summed E-state index contributed by atoms with van der Waals surface area (Å²) in [6.07, 6.45) is 0. The molecule has 0 radical (unpaired) electrons. The van der Waals surface area contributed by atoms with E-state index in [1.54, 1.807) is 0 Å². The molecule has 59 heavy (non-hydrogen) atoms. The Morgan fingerprint density at radius 1 is 0.271 bits per heavy atom. The monoisotopic (exact) mass is 753 g/mol. The van der Waals surface area contributed by atoms with Crippen LogP contribution >= 0.6 is 0 Å². The summed E-state index contributed by atoms with van der Waals surface area (Å²) in [5.41, 5.74) is 13.6. The molecule has 0 amide bonds. The Hall–Kier alpha value is -7.95. The Morgan fingerprint density at radius 2 is 0.712 bits per heavy atom. The van der Waals surface area contributed by atoms with Crippen molar-refractivity contribution < 1.29 is 4.42 Å². The maximum Gasteiger partial charge on any atom is 0.164 e. The lowest BCUT2D eigenvalue weighted by molar-refractivity contribution is 0.669. The Balaban J connectivity index is 0.999. The van der Waals surface area contributed by atoms with Crippen molar-refractivity contribution in [3.8, 4) is 78.7 Å². The van der Waals surface area contributed by atoms with Crippen LogP contribution in [0.5, 0.6) is 0 Å². The van der Waals surface area contributed by atoms with Crippen LogP contribution in [-0.2, 0) is 0 Å². The van der Waals surface area contributed by atoms with Crippen LogP contribution < -0.4 is 0 Å². The number of nitrogens with zero attached hydrogens (tertiary/aromatic N) is 3. The van der Waals surface area contributed by atoms with Gasteiger partial charge in [-0.1, -0.05) is 194 Å². The first kappa shape index (κ1) is 34.3. The SMILES string of the molecule is c1ccc(-c2ccc(-c3nc(-c4ccc(-c5cccc6ccccc56)cc4)nc(-c4ccc5c(c4)oc4cccc(-c6ccc(-c7ccccc7)cc6)c45)n3)cc2)cc1. The molecule has 2 aromatic heterocycles. The standard InChI is InChI=1S/C55H35N3O/c1-3-11-36(12-4-1)38-21-25-42(26-22-38)48-19-10-20-50-52(48)49-34-33-45(35-51(49)59-50)55-57-53(43-29-23-39(24-30-43)37-13-5-2-6-14-37)56-54(58-55)44-31-27-41(28-32-44)47-18-9-16-40-15-7-8-17-46(40)47/h1-35H. The summed E-state index contributed by atoms with van der Waals surface area (Å²) >= 11 is 0. The van der Waals surface area contributed by atoms with Gasteiger partial charge < -0.3 is 4.42 Å². The number of hydrogen-bond acceptors (Lipinski definition) is 4. The first-order valence-electron chi connectivity index (χ1n) is 19.8. The molecular formula is C55H35N3O. The van der Waals surface area contributed by atoms with E-state index in [0.29, 0.717) is 17.5 Å². The second-order valence-corrected chi connectivity index (χ2v) is 14.8. The average Bonchev–Trinajstić information content (AvgIpc) is 3.70. The summed E-state index contributed by atoms with van der Waals surface area (Å²) in [4.78, 5) is 15.3. The summed E-state index contributed by atoms with van der Waals surface area (Å²) in [6.45, 7) is 0. The van der Waals surface area contributed by atoms with E-state index in [-0.39, 0.29) is 0 Å². The number of aromatic nitrogens is 3. The average molecular weight is 754 g/mol. The zero-order valence-electron chi connectivity index (χ0n) is 32.0. The van der Waals surface area contributed by atoms with Crippen LogP contribution in [0.25, 0.3) is 111 Å². The molecule has 0 N–H and O–H groups in total. The lowest BCUT2D eigenvalue weighted by Crippen LogP contribution is -2.00. The zero-order valence-corrected chi connectivity index (χ0v) is 32.0. The Bertz CT molecular complexity index is 3280. The van der Waals surface area contributed by atoms with Gasteiger partial charge in [0.2, 0.25) is 0 Å². The maximum atomic E-state index is 6.57. The Labute approximate surface area is 341 Å². The number of benzene rings is 9. The molecule has 0 aliphatic heterocycles.